The van der Waals surface area contributed by atoms with Crippen molar-refractivity contribution in [2.24, 2.45) is 10.9 Å². The van der Waals surface area contributed by atoms with Gasteiger partial charge in [0.05, 0.1) is 0 Å². The van der Waals surface area contributed by atoms with E-state index in [1.807, 2.05) is 25.1 Å². The second kappa shape index (κ2) is 7.84. The van der Waals surface area contributed by atoms with Crippen LogP contribution in [0.3, 0.4) is 0 Å². The van der Waals surface area contributed by atoms with Crippen LogP contribution in [0.5, 0.6) is 0 Å². The summed E-state index contributed by atoms with van der Waals surface area (Å²) in [6.45, 7) is 3.20. The standard InChI is InChI=1S/C12H19N3O2S/c1-2-18(17)8-7-14-9-10-5-3-4-6-11(10)12(13)15-16/h3-6,14,16H,2,7-9H2,1H3,(H2,13,15). The number of nitrogens with zero attached hydrogens (tertiary/aromatic N) is 1. The first-order chi connectivity index (χ1) is 8.69. The maximum atomic E-state index is 11.2. The fourth-order valence-corrected chi connectivity index (χ4v) is 2.19. The van der Waals surface area contributed by atoms with Crippen LogP contribution in [0.4, 0.5) is 0 Å². The van der Waals surface area contributed by atoms with Gasteiger partial charge in [-0.1, -0.05) is 36.3 Å². The van der Waals surface area contributed by atoms with E-state index < -0.39 is 10.8 Å². The molecule has 0 heterocycles. The van der Waals surface area contributed by atoms with Crippen molar-refractivity contribution >= 4 is 16.6 Å². The van der Waals surface area contributed by atoms with Crippen molar-refractivity contribution in [3.8, 4) is 0 Å². The van der Waals surface area contributed by atoms with Gasteiger partial charge in [-0.05, 0) is 5.56 Å². The molecule has 100 valence electrons. The lowest BCUT2D eigenvalue weighted by Gasteiger charge is -2.09. The highest BCUT2D eigenvalue weighted by molar-refractivity contribution is 7.84. The van der Waals surface area contributed by atoms with Crippen LogP contribution in [0.1, 0.15) is 18.1 Å². The molecule has 0 spiro atoms. The molecule has 0 saturated heterocycles. The van der Waals surface area contributed by atoms with Crippen LogP contribution in [0.25, 0.3) is 0 Å². The van der Waals surface area contributed by atoms with Gasteiger partial charge < -0.3 is 16.3 Å². The first kappa shape index (κ1) is 14.7. The molecule has 0 fully saturated rings. The van der Waals surface area contributed by atoms with Crippen molar-refractivity contribution in [1.82, 2.24) is 5.32 Å². The quantitative estimate of drug-likeness (QED) is 0.223. The third-order valence-electron chi connectivity index (χ3n) is 2.54. The first-order valence-electron chi connectivity index (χ1n) is 5.80. The smallest absolute Gasteiger partial charge is 0.170 e. The van der Waals surface area contributed by atoms with Crippen LogP contribution < -0.4 is 11.1 Å². The Morgan fingerprint density at radius 3 is 2.89 bits per heavy atom. The molecule has 1 aromatic carbocycles. The van der Waals surface area contributed by atoms with E-state index in [-0.39, 0.29) is 5.84 Å². The molecule has 0 aliphatic heterocycles. The van der Waals surface area contributed by atoms with Gasteiger partial charge in [-0.25, -0.2) is 0 Å². The number of oxime groups is 1. The topological polar surface area (TPSA) is 87.7 Å². The molecule has 1 unspecified atom stereocenters. The van der Waals surface area contributed by atoms with Gasteiger partial charge in [0.1, 0.15) is 0 Å². The first-order valence-corrected chi connectivity index (χ1v) is 7.29. The lowest BCUT2D eigenvalue weighted by Crippen LogP contribution is -2.23. The van der Waals surface area contributed by atoms with Crippen LogP contribution in [0.2, 0.25) is 0 Å². The molecule has 1 rings (SSSR count). The van der Waals surface area contributed by atoms with Crippen LogP contribution in [-0.2, 0) is 17.3 Å². The van der Waals surface area contributed by atoms with Crippen molar-refractivity contribution in [2.45, 2.75) is 13.5 Å². The van der Waals surface area contributed by atoms with E-state index in [0.717, 1.165) is 5.56 Å². The molecule has 6 heteroatoms. The minimum Gasteiger partial charge on any atom is -0.409 e. The Kier molecular flexibility index (Phi) is 6.38. The molecule has 0 saturated carbocycles. The van der Waals surface area contributed by atoms with Crippen LogP contribution >= 0.6 is 0 Å². The third kappa shape index (κ3) is 4.46. The molecule has 1 atom stereocenters. The van der Waals surface area contributed by atoms with Gasteiger partial charge in [-0.15, -0.1) is 0 Å². The van der Waals surface area contributed by atoms with Gasteiger partial charge in [-0.2, -0.15) is 0 Å². The van der Waals surface area contributed by atoms with Gasteiger partial charge >= 0.3 is 0 Å². The second-order valence-corrected chi connectivity index (χ2v) is 5.62. The summed E-state index contributed by atoms with van der Waals surface area (Å²) in [6, 6.07) is 7.45. The number of nitrogens with one attached hydrogen (secondary N) is 1. The Labute approximate surface area is 110 Å². The van der Waals surface area contributed by atoms with Crippen molar-refractivity contribution in [3.05, 3.63) is 35.4 Å². The normalized spacial score (nSPS) is 13.5. The summed E-state index contributed by atoms with van der Waals surface area (Å²) in [4.78, 5) is 0. The van der Waals surface area contributed by atoms with E-state index in [2.05, 4.69) is 10.5 Å². The molecule has 4 N–H and O–H groups in total. The average molecular weight is 269 g/mol. The predicted octanol–water partition coefficient (Wildman–Crippen LogP) is 0.639. The van der Waals surface area contributed by atoms with Crippen LogP contribution in [0.15, 0.2) is 29.4 Å². The molecule has 0 amide bonds. The number of amidine groups is 1. The van der Waals surface area contributed by atoms with E-state index in [4.69, 9.17) is 10.9 Å². The summed E-state index contributed by atoms with van der Waals surface area (Å²) >= 11 is 0. The zero-order valence-corrected chi connectivity index (χ0v) is 11.2. The zero-order valence-electron chi connectivity index (χ0n) is 10.4. The summed E-state index contributed by atoms with van der Waals surface area (Å²) in [5, 5.41) is 14.9. The van der Waals surface area contributed by atoms with Crippen LogP contribution in [-0.4, -0.2) is 33.3 Å². The van der Waals surface area contributed by atoms with E-state index in [0.29, 0.717) is 30.2 Å². The van der Waals surface area contributed by atoms with E-state index in [1.165, 1.54) is 0 Å². The summed E-state index contributed by atoms with van der Waals surface area (Å²) < 4.78 is 11.2. The second-order valence-electron chi connectivity index (χ2n) is 3.75. The monoisotopic (exact) mass is 269 g/mol. The average Bonchev–Trinajstić information content (AvgIpc) is 2.42. The third-order valence-corrected chi connectivity index (χ3v) is 3.85. The summed E-state index contributed by atoms with van der Waals surface area (Å²) in [6.07, 6.45) is 0. The molecule has 0 bridgehead atoms. The van der Waals surface area contributed by atoms with Crippen molar-refractivity contribution < 1.29 is 9.42 Å². The number of benzene rings is 1. The molecule has 0 radical (unpaired) electrons. The molecule has 0 aliphatic carbocycles. The van der Waals surface area contributed by atoms with Gasteiger partial charge in [-0.3, -0.25) is 4.21 Å². The molecule has 0 aromatic heterocycles. The Bertz CT molecular complexity index is 435. The molecule has 1 aromatic rings. The van der Waals surface area contributed by atoms with Crippen molar-refractivity contribution in [3.63, 3.8) is 0 Å². The fraction of sp³-hybridized carbons (Fsp3) is 0.417. The maximum absolute atomic E-state index is 11.2. The summed E-state index contributed by atoms with van der Waals surface area (Å²) in [5.74, 6) is 1.43. The lowest BCUT2D eigenvalue weighted by molar-refractivity contribution is 0.318. The molecule has 0 aliphatic rings. The molecular formula is C12H19N3O2S. The molecule has 18 heavy (non-hydrogen) atoms. The van der Waals surface area contributed by atoms with Crippen molar-refractivity contribution in [2.75, 3.05) is 18.1 Å². The molecular weight excluding hydrogens is 250 g/mol. The van der Waals surface area contributed by atoms with Crippen LogP contribution in [0, 0.1) is 0 Å². The summed E-state index contributed by atoms with van der Waals surface area (Å²) in [7, 11) is -0.752. The summed E-state index contributed by atoms with van der Waals surface area (Å²) in [5.41, 5.74) is 7.26. The minimum atomic E-state index is -0.752. The largest absolute Gasteiger partial charge is 0.409 e. The number of rotatable bonds is 7. The van der Waals surface area contributed by atoms with Gasteiger partial charge in [0.15, 0.2) is 5.84 Å². The lowest BCUT2D eigenvalue weighted by atomic mass is 10.1. The highest BCUT2D eigenvalue weighted by atomic mass is 32.2. The fourth-order valence-electron chi connectivity index (χ4n) is 1.53. The predicted molar refractivity (Wildman–Crippen MR) is 74.2 cm³/mol. The van der Waals surface area contributed by atoms with E-state index >= 15 is 0 Å². The Balaban J connectivity index is 2.54. The minimum absolute atomic E-state index is 0.101. The Hall–Kier alpha value is -1.40. The van der Waals surface area contributed by atoms with E-state index in [1.54, 1.807) is 6.07 Å². The number of hydrogen-bond donors (Lipinski definition) is 3. The number of nitrogens with two attached hydrogens (primary N) is 1. The highest BCUT2D eigenvalue weighted by Crippen LogP contribution is 2.07. The SMILES string of the molecule is CCS(=O)CCNCc1ccccc1/C(N)=N/O. The molecule has 5 nitrogen and oxygen atoms in total. The maximum Gasteiger partial charge on any atom is 0.170 e. The van der Waals surface area contributed by atoms with Crippen molar-refractivity contribution in [1.29, 1.82) is 0 Å². The van der Waals surface area contributed by atoms with Gasteiger partial charge in [0.2, 0.25) is 0 Å². The van der Waals surface area contributed by atoms with E-state index in [9.17, 15) is 4.21 Å². The van der Waals surface area contributed by atoms with Gasteiger partial charge in [0, 0.05) is 41.0 Å². The Morgan fingerprint density at radius 2 is 2.22 bits per heavy atom. The van der Waals surface area contributed by atoms with Gasteiger partial charge in [0.25, 0.3) is 0 Å². The highest BCUT2D eigenvalue weighted by Gasteiger charge is 2.05. The zero-order chi connectivity index (χ0) is 13.4. The Morgan fingerprint density at radius 1 is 1.50 bits per heavy atom. The number of hydrogen-bond acceptors (Lipinski definition) is 4.